The summed E-state index contributed by atoms with van der Waals surface area (Å²) in [5.41, 5.74) is -1.10. The number of methoxy groups -OCH3 is 1. The summed E-state index contributed by atoms with van der Waals surface area (Å²) in [5, 5.41) is 13.4. The first kappa shape index (κ1) is 15.3. The minimum atomic E-state index is -2.78. The summed E-state index contributed by atoms with van der Waals surface area (Å²) in [6.45, 7) is 3.90. The van der Waals surface area contributed by atoms with Gasteiger partial charge >= 0.3 is 0 Å². The van der Waals surface area contributed by atoms with E-state index < -0.39 is 16.9 Å². The molecule has 0 heterocycles. The van der Waals surface area contributed by atoms with Crippen LogP contribution in [-0.4, -0.2) is 24.2 Å². The van der Waals surface area contributed by atoms with Gasteiger partial charge in [-0.05, 0) is 19.9 Å². The summed E-state index contributed by atoms with van der Waals surface area (Å²) in [4.78, 5) is 9.87. The maximum absolute atomic E-state index is 12.9. The van der Waals surface area contributed by atoms with Crippen molar-refractivity contribution in [2.75, 3.05) is 19.0 Å². The molecule has 7 heteroatoms. The number of alkyl halides is 2. The monoisotopic (exact) mass is 274 g/mol. The average molecular weight is 274 g/mol. The minimum Gasteiger partial charge on any atom is -0.382 e. The van der Waals surface area contributed by atoms with Crippen LogP contribution in [0.1, 0.15) is 25.8 Å². The van der Waals surface area contributed by atoms with E-state index >= 15 is 0 Å². The second-order valence-corrected chi connectivity index (χ2v) is 4.65. The molecule has 1 N–H and O–H groups in total. The van der Waals surface area contributed by atoms with Crippen LogP contribution in [0.3, 0.4) is 0 Å². The molecule has 0 saturated heterocycles. The summed E-state index contributed by atoms with van der Waals surface area (Å²) in [6, 6.07) is 3.35. The van der Waals surface area contributed by atoms with E-state index in [1.165, 1.54) is 19.2 Å². The van der Waals surface area contributed by atoms with Crippen LogP contribution in [0, 0.1) is 10.1 Å². The Morgan fingerprint density at radius 2 is 2.11 bits per heavy atom. The molecule has 0 unspecified atom stereocenters. The van der Waals surface area contributed by atoms with E-state index in [-0.39, 0.29) is 16.9 Å². The zero-order valence-electron chi connectivity index (χ0n) is 10.9. The van der Waals surface area contributed by atoms with Crippen LogP contribution in [0.25, 0.3) is 0 Å². The van der Waals surface area contributed by atoms with Gasteiger partial charge in [-0.2, -0.15) is 0 Å². The summed E-state index contributed by atoms with van der Waals surface area (Å²) in [6.07, 6.45) is -2.78. The Morgan fingerprint density at radius 1 is 1.47 bits per heavy atom. The largest absolute Gasteiger partial charge is 0.382 e. The highest BCUT2D eigenvalue weighted by atomic mass is 19.3. The van der Waals surface area contributed by atoms with Gasteiger partial charge in [-0.15, -0.1) is 0 Å². The lowest BCUT2D eigenvalue weighted by atomic mass is 10.1. The van der Waals surface area contributed by atoms with E-state index in [0.29, 0.717) is 6.54 Å². The summed E-state index contributed by atoms with van der Waals surface area (Å²) in [5.74, 6) is 0. The lowest BCUT2D eigenvalue weighted by molar-refractivity contribution is -0.385. The third-order valence-electron chi connectivity index (χ3n) is 2.74. The number of halogens is 2. The Bertz CT molecular complexity index is 464. The van der Waals surface area contributed by atoms with Crippen LogP contribution in [0.2, 0.25) is 0 Å². The van der Waals surface area contributed by atoms with Crippen molar-refractivity contribution in [3.05, 3.63) is 33.9 Å². The fourth-order valence-corrected chi connectivity index (χ4v) is 1.39. The van der Waals surface area contributed by atoms with E-state index in [0.717, 1.165) is 6.07 Å². The molecule has 0 amide bonds. The number of hydrogen-bond acceptors (Lipinski definition) is 4. The maximum Gasteiger partial charge on any atom is 0.270 e. The summed E-state index contributed by atoms with van der Waals surface area (Å²) < 4.78 is 30.9. The molecule has 0 aliphatic carbocycles. The maximum atomic E-state index is 12.9. The molecule has 0 atom stereocenters. The van der Waals surface area contributed by atoms with E-state index in [4.69, 9.17) is 4.74 Å². The molecule has 0 fully saturated rings. The zero-order chi connectivity index (χ0) is 14.6. The highest BCUT2D eigenvalue weighted by molar-refractivity contribution is 5.56. The van der Waals surface area contributed by atoms with Crippen molar-refractivity contribution in [2.45, 2.75) is 25.9 Å². The highest BCUT2D eigenvalue weighted by Crippen LogP contribution is 2.31. The first-order chi connectivity index (χ1) is 8.76. The molecular weight excluding hydrogens is 258 g/mol. The standard InChI is InChI=1S/C12H16F2N2O3/c1-12(2,19-3)7-15-10-5-4-8(16(17)18)6-9(10)11(13)14/h4-6,11,15H,7H2,1-3H3. The number of nitro benzene ring substituents is 1. The van der Waals surface area contributed by atoms with E-state index in [1.807, 2.05) is 0 Å². The Labute approximate surface area is 109 Å². The Morgan fingerprint density at radius 3 is 2.58 bits per heavy atom. The second kappa shape index (κ2) is 5.92. The highest BCUT2D eigenvalue weighted by Gasteiger charge is 2.21. The Balaban J connectivity index is 2.97. The molecule has 5 nitrogen and oxygen atoms in total. The quantitative estimate of drug-likeness (QED) is 0.638. The minimum absolute atomic E-state index is 0.172. The fraction of sp³-hybridized carbons (Fsp3) is 0.500. The topological polar surface area (TPSA) is 64.4 Å². The molecule has 19 heavy (non-hydrogen) atoms. The van der Waals surface area contributed by atoms with Crippen LogP contribution < -0.4 is 5.32 Å². The lowest BCUT2D eigenvalue weighted by Crippen LogP contribution is -2.32. The van der Waals surface area contributed by atoms with Gasteiger partial charge in [-0.3, -0.25) is 10.1 Å². The first-order valence-corrected chi connectivity index (χ1v) is 5.62. The van der Waals surface area contributed by atoms with Crippen LogP contribution >= 0.6 is 0 Å². The third kappa shape index (κ3) is 4.13. The molecule has 1 aromatic carbocycles. The van der Waals surface area contributed by atoms with Crippen molar-refractivity contribution in [2.24, 2.45) is 0 Å². The number of benzene rings is 1. The van der Waals surface area contributed by atoms with Crippen LogP contribution in [0.4, 0.5) is 20.2 Å². The van der Waals surface area contributed by atoms with Gasteiger partial charge in [0.1, 0.15) is 0 Å². The molecule has 0 spiro atoms. The van der Waals surface area contributed by atoms with Gasteiger partial charge in [0.15, 0.2) is 0 Å². The van der Waals surface area contributed by atoms with Crippen molar-refractivity contribution >= 4 is 11.4 Å². The Hall–Kier alpha value is -1.76. The molecule has 0 aromatic heterocycles. The SMILES string of the molecule is COC(C)(C)CNc1ccc([N+](=O)[O-])cc1C(F)F. The number of non-ortho nitro benzene ring substituents is 1. The van der Waals surface area contributed by atoms with Gasteiger partial charge in [0.05, 0.1) is 10.5 Å². The summed E-state index contributed by atoms with van der Waals surface area (Å²) in [7, 11) is 1.52. The van der Waals surface area contributed by atoms with Gasteiger partial charge in [0.25, 0.3) is 12.1 Å². The Kier molecular flexibility index (Phi) is 4.77. The predicted octanol–water partition coefficient (Wildman–Crippen LogP) is 3.37. The molecule has 0 radical (unpaired) electrons. The van der Waals surface area contributed by atoms with Gasteiger partial charge in [-0.1, -0.05) is 0 Å². The first-order valence-electron chi connectivity index (χ1n) is 5.62. The smallest absolute Gasteiger partial charge is 0.270 e. The number of rotatable bonds is 6. The number of anilines is 1. The lowest BCUT2D eigenvalue weighted by Gasteiger charge is -2.24. The van der Waals surface area contributed by atoms with Crippen LogP contribution in [-0.2, 0) is 4.74 Å². The van der Waals surface area contributed by atoms with Crippen molar-refractivity contribution in [1.29, 1.82) is 0 Å². The number of nitrogens with one attached hydrogen (secondary N) is 1. The normalized spacial score (nSPS) is 11.7. The van der Waals surface area contributed by atoms with Crippen molar-refractivity contribution in [3.63, 3.8) is 0 Å². The molecule has 106 valence electrons. The zero-order valence-corrected chi connectivity index (χ0v) is 10.9. The van der Waals surface area contributed by atoms with Crippen molar-refractivity contribution < 1.29 is 18.4 Å². The van der Waals surface area contributed by atoms with Gasteiger partial charge in [0.2, 0.25) is 0 Å². The molecule has 0 saturated carbocycles. The van der Waals surface area contributed by atoms with Crippen molar-refractivity contribution in [3.8, 4) is 0 Å². The van der Waals surface area contributed by atoms with Gasteiger partial charge in [0, 0.05) is 37.0 Å². The molecule has 1 rings (SSSR count). The summed E-state index contributed by atoms with van der Waals surface area (Å²) >= 11 is 0. The average Bonchev–Trinajstić information content (AvgIpc) is 2.36. The number of hydrogen-bond donors (Lipinski definition) is 1. The van der Waals surface area contributed by atoms with Gasteiger partial charge < -0.3 is 10.1 Å². The van der Waals surface area contributed by atoms with E-state index in [9.17, 15) is 18.9 Å². The molecule has 1 aromatic rings. The van der Waals surface area contributed by atoms with Crippen LogP contribution in [0.15, 0.2) is 18.2 Å². The van der Waals surface area contributed by atoms with Gasteiger partial charge in [-0.25, -0.2) is 8.78 Å². The molecule has 0 aliphatic rings. The number of ether oxygens (including phenoxy) is 1. The second-order valence-electron chi connectivity index (χ2n) is 4.65. The van der Waals surface area contributed by atoms with E-state index in [1.54, 1.807) is 13.8 Å². The molecular formula is C12H16F2N2O3. The van der Waals surface area contributed by atoms with E-state index in [2.05, 4.69) is 5.32 Å². The van der Waals surface area contributed by atoms with Crippen LogP contribution in [0.5, 0.6) is 0 Å². The third-order valence-corrected chi connectivity index (χ3v) is 2.74. The predicted molar refractivity (Wildman–Crippen MR) is 67.6 cm³/mol. The number of nitrogens with zero attached hydrogens (tertiary/aromatic N) is 1. The van der Waals surface area contributed by atoms with Crippen molar-refractivity contribution in [1.82, 2.24) is 0 Å². The fourth-order valence-electron chi connectivity index (χ4n) is 1.39. The molecule has 0 bridgehead atoms. The number of nitro groups is 1. The molecule has 0 aliphatic heterocycles.